The minimum absolute atomic E-state index is 0.0551. The summed E-state index contributed by atoms with van der Waals surface area (Å²) in [5.74, 6) is -1.55. The molecule has 30 heavy (non-hydrogen) atoms. The molecule has 0 radical (unpaired) electrons. The first-order valence-corrected chi connectivity index (χ1v) is 11.6. The van der Waals surface area contributed by atoms with Crippen LogP contribution in [0.3, 0.4) is 0 Å². The van der Waals surface area contributed by atoms with E-state index in [0.717, 1.165) is 22.0 Å². The first kappa shape index (κ1) is 23.9. The van der Waals surface area contributed by atoms with E-state index < -0.39 is 11.9 Å². The lowest BCUT2D eigenvalue weighted by atomic mass is 10.1. The van der Waals surface area contributed by atoms with Crippen molar-refractivity contribution in [2.24, 2.45) is 5.14 Å². The van der Waals surface area contributed by atoms with Crippen molar-refractivity contribution in [3.05, 3.63) is 63.4 Å². The Balaban J connectivity index is 0.00000101. The molecule has 0 aliphatic carbocycles. The van der Waals surface area contributed by atoms with Gasteiger partial charge < -0.3 is 16.2 Å². The topological polar surface area (TPSA) is 118 Å². The van der Waals surface area contributed by atoms with Gasteiger partial charge in [0.1, 0.15) is 5.56 Å². The summed E-state index contributed by atoms with van der Waals surface area (Å²) >= 11 is 5.56. The second-order valence-corrected chi connectivity index (χ2v) is 8.67. The molecule has 158 valence electrons. The maximum absolute atomic E-state index is 12.6. The zero-order valence-electron chi connectivity index (χ0n) is 16.4. The Bertz CT molecular complexity index is 1040. The van der Waals surface area contributed by atoms with Crippen molar-refractivity contribution in [1.82, 2.24) is 0 Å². The van der Waals surface area contributed by atoms with Crippen LogP contribution >= 0.6 is 39.2 Å². The third kappa shape index (κ3) is 5.85. The minimum atomic E-state index is -1.11. The fourth-order valence-electron chi connectivity index (χ4n) is 2.45. The van der Waals surface area contributed by atoms with Gasteiger partial charge in [-0.1, -0.05) is 48.3 Å². The number of nitrogens with one attached hydrogen (secondary N) is 1. The summed E-state index contributed by atoms with van der Waals surface area (Å²) in [6, 6.07) is 12.0. The molecule has 9 heteroatoms. The standard InChI is InChI=1S/C18H14BrN3O3S2.C3H8/c19-11-4-1-9(2-5-11)16-15(18(24)25)13(8-26-16)22-17(23)10-3-6-12(20)14(7-10)27-21;1-3-2/h1-8H,20-21H2,(H,22,23)(H,24,25);3H2,1-2H3. The molecule has 1 aromatic heterocycles. The number of amides is 1. The smallest absolute Gasteiger partial charge is 0.339 e. The van der Waals surface area contributed by atoms with Gasteiger partial charge in [0.2, 0.25) is 0 Å². The van der Waals surface area contributed by atoms with Crippen molar-refractivity contribution in [3.8, 4) is 10.4 Å². The lowest BCUT2D eigenvalue weighted by Gasteiger charge is -2.08. The Kier molecular flexibility index (Phi) is 8.91. The minimum Gasteiger partial charge on any atom is -0.478 e. The number of carboxylic acids is 1. The van der Waals surface area contributed by atoms with E-state index in [1.54, 1.807) is 23.6 Å². The lowest BCUT2D eigenvalue weighted by molar-refractivity contribution is 0.0699. The monoisotopic (exact) mass is 507 g/mol. The van der Waals surface area contributed by atoms with E-state index in [1.165, 1.54) is 17.8 Å². The molecule has 1 heterocycles. The highest BCUT2D eigenvalue weighted by molar-refractivity contribution is 9.10. The summed E-state index contributed by atoms with van der Waals surface area (Å²) < 4.78 is 0.894. The second kappa shape index (κ2) is 11.2. The zero-order valence-corrected chi connectivity index (χ0v) is 19.7. The van der Waals surface area contributed by atoms with Gasteiger partial charge in [-0.05, 0) is 47.8 Å². The van der Waals surface area contributed by atoms with Gasteiger partial charge in [-0.2, -0.15) is 0 Å². The number of aromatic carboxylic acids is 1. The van der Waals surface area contributed by atoms with Crippen molar-refractivity contribution in [2.45, 2.75) is 25.2 Å². The molecule has 1 amide bonds. The summed E-state index contributed by atoms with van der Waals surface area (Å²) in [5, 5.41) is 19.5. The summed E-state index contributed by atoms with van der Waals surface area (Å²) in [5.41, 5.74) is 7.65. The van der Waals surface area contributed by atoms with Crippen LogP contribution in [0.2, 0.25) is 0 Å². The molecule has 0 saturated heterocycles. The molecule has 3 rings (SSSR count). The van der Waals surface area contributed by atoms with E-state index in [-0.39, 0.29) is 11.3 Å². The number of benzene rings is 2. The molecule has 0 fully saturated rings. The number of hydrogen-bond donors (Lipinski definition) is 4. The first-order chi connectivity index (χ1) is 14.3. The molecule has 0 unspecified atom stereocenters. The molecular formula is C21H22BrN3O3S2. The van der Waals surface area contributed by atoms with Crippen LogP contribution in [-0.2, 0) is 0 Å². The van der Waals surface area contributed by atoms with Gasteiger partial charge in [0.15, 0.2) is 0 Å². The van der Waals surface area contributed by atoms with Crippen molar-refractivity contribution in [3.63, 3.8) is 0 Å². The molecule has 0 atom stereocenters. The van der Waals surface area contributed by atoms with Gasteiger partial charge in [0.05, 0.1) is 10.6 Å². The van der Waals surface area contributed by atoms with E-state index in [1.807, 2.05) is 24.3 Å². The highest BCUT2D eigenvalue weighted by Crippen LogP contribution is 2.37. The average Bonchev–Trinajstić information content (AvgIpc) is 3.13. The summed E-state index contributed by atoms with van der Waals surface area (Å²) in [4.78, 5) is 25.5. The zero-order chi connectivity index (χ0) is 22.3. The van der Waals surface area contributed by atoms with Crippen molar-refractivity contribution in [1.29, 1.82) is 0 Å². The SMILES string of the molecule is CCC.NSc1cc(C(=O)Nc2csc(-c3ccc(Br)cc3)c2C(=O)O)ccc1N. The quantitative estimate of drug-likeness (QED) is 0.245. The van der Waals surface area contributed by atoms with Crippen LogP contribution in [0.4, 0.5) is 11.4 Å². The summed E-state index contributed by atoms with van der Waals surface area (Å²) in [6.45, 7) is 4.25. The Morgan fingerprint density at radius 1 is 1.17 bits per heavy atom. The molecular weight excluding hydrogens is 486 g/mol. The molecule has 3 aromatic rings. The molecule has 0 saturated carbocycles. The van der Waals surface area contributed by atoms with Crippen LogP contribution in [0.15, 0.2) is 57.2 Å². The number of nitrogen functional groups attached to an aromatic ring is 1. The highest BCUT2D eigenvalue weighted by Gasteiger charge is 2.21. The maximum atomic E-state index is 12.6. The molecule has 0 aliphatic rings. The van der Waals surface area contributed by atoms with Crippen LogP contribution in [0.25, 0.3) is 10.4 Å². The molecule has 6 nitrogen and oxygen atoms in total. The molecule has 0 bridgehead atoms. The average molecular weight is 508 g/mol. The fraction of sp³-hybridized carbons (Fsp3) is 0.143. The number of hydrogen-bond acceptors (Lipinski definition) is 6. The van der Waals surface area contributed by atoms with Gasteiger partial charge in [-0.3, -0.25) is 9.93 Å². The first-order valence-electron chi connectivity index (χ1n) is 9.00. The molecule has 6 N–H and O–H groups in total. The van der Waals surface area contributed by atoms with Gasteiger partial charge in [0.25, 0.3) is 5.91 Å². The van der Waals surface area contributed by atoms with E-state index in [4.69, 9.17) is 10.9 Å². The normalized spacial score (nSPS) is 10.1. The number of thiophene rings is 1. The largest absolute Gasteiger partial charge is 0.478 e. The highest BCUT2D eigenvalue weighted by atomic mass is 79.9. The Morgan fingerprint density at radius 3 is 2.37 bits per heavy atom. The number of halogens is 1. The van der Waals surface area contributed by atoms with Gasteiger partial charge in [-0.25, -0.2) is 4.79 Å². The molecule has 0 spiro atoms. The van der Waals surface area contributed by atoms with E-state index in [2.05, 4.69) is 35.1 Å². The number of nitrogens with two attached hydrogens (primary N) is 2. The Morgan fingerprint density at radius 2 is 1.80 bits per heavy atom. The van der Waals surface area contributed by atoms with Gasteiger partial charge >= 0.3 is 5.97 Å². The van der Waals surface area contributed by atoms with E-state index in [0.29, 0.717) is 21.0 Å². The van der Waals surface area contributed by atoms with Crippen LogP contribution in [0, 0.1) is 0 Å². The number of rotatable bonds is 5. The maximum Gasteiger partial charge on any atom is 0.339 e. The van der Waals surface area contributed by atoms with Crippen molar-refractivity contribution < 1.29 is 14.7 Å². The van der Waals surface area contributed by atoms with Crippen molar-refractivity contribution in [2.75, 3.05) is 11.1 Å². The molecule has 2 aromatic carbocycles. The van der Waals surface area contributed by atoms with Crippen LogP contribution in [-0.4, -0.2) is 17.0 Å². The number of carbonyl (C=O) groups is 2. The van der Waals surface area contributed by atoms with Crippen LogP contribution < -0.4 is 16.2 Å². The van der Waals surface area contributed by atoms with E-state index >= 15 is 0 Å². The van der Waals surface area contributed by atoms with Crippen molar-refractivity contribution >= 4 is 62.5 Å². The van der Waals surface area contributed by atoms with Gasteiger partial charge in [-0.15, -0.1) is 11.3 Å². The van der Waals surface area contributed by atoms with E-state index in [9.17, 15) is 14.7 Å². The summed E-state index contributed by atoms with van der Waals surface area (Å²) in [6.07, 6.45) is 1.25. The Labute approximate surface area is 191 Å². The fourth-order valence-corrected chi connectivity index (χ4v) is 4.11. The second-order valence-electron chi connectivity index (χ2n) is 6.20. The Hall–Kier alpha value is -2.33. The lowest BCUT2D eigenvalue weighted by Crippen LogP contribution is -2.14. The third-order valence-electron chi connectivity index (χ3n) is 3.76. The van der Waals surface area contributed by atoms with Crippen LogP contribution in [0.1, 0.15) is 41.0 Å². The number of carbonyl (C=O) groups excluding carboxylic acids is 1. The summed E-state index contributed by atoms with van der Waals surface area (Å²) in [7, 11) is 0. The molecule has 0 aliphatic heterocycles. The third-order valence-corrected chi connectivity index (χ3v) is 5.93. The van der Waals surface area contributed by atoms with Crippen LogP contribution in [0.5, 0.6) is 0 Å². The predicted molar refractivity (Wildman–Crippen MR) is 129 cm³/mol. The number of anilines is 2. The number of carboxylic acid groups (broad SMARTS) is 1. The predicted octanol–water partition coefficient (Wildman–Crippen LogP) is 6.09. The van der Waals surface area contributed by atoms with Gasteiger partial charge in [0, 0.05) is 26.0 Å².